The van der Waals surface area contributed by atoms with E-state index in [1.165, 1.54) is 18.2 Å². The Hall–Kier alpha value is -2.71. The van der Waals surface area contributed by atoms with Crippen molar-refractivity contribution in [1.82, 2.24) is 9.97 Å². The van der Waals surface area contributed by atoms with Crippen molar-refractivity contribution in [3.8, 4) is 17.0 Å². The molecule has 2 N–H and O–H groups in total. The molecule has 0 amide bonds. The molecule has 0 saturated carbocycles. The lowest BCUT2D eigenvalue weighted by atomic mass is 10.1. The summed E-state index contributed by atoms with van der Waals surface area (Å²) in [4.78, 5) is 8.81. The van der Waals surface area contributed by atoms with Gasteiger partial charge in [0.15, 0.2) is 0 Å². The maximum Gasteiger partial charge on any atom is 0.573 e. The SMILES string of the molecule is CC(C)Nc1nc(Nc2ccc(Cl)cc2Cl)cc(-c2cccc(OC(F)(F)F)c2)n1. The van der Waals surface area contributed by atoms with Crippen molar-refractivity contribution < 1.29 is 17.9 Å². The Labute approximate surface area is 181 Å². The average Bonchev–Trinajstić information content (AvgIpc) is 2.62. The van der Waals surface area contributed by atoms with Crippen molar-refractivity contribution in [2.45, 2.75) is 26.3 Å². The van der Waals surface area contributed by atoms with Crippen molar-refractivity contribution in [2.24, 2.45) is 0 Å². The molecule has 0 aliphatic heterocycles. The van der Waals surface area contributed by atoms with E-state index >= 15 is 0 Å². The zero-order chi connectivity index (χ0) is 21.9. The normalized spacial score (nSPS) is 11.5. The Balaban J connectivity index is 2.00. The van der Waals surface area contributed by atoms with Crippen LogP contribution in [0.4, 0.5) is 30.6 Å². The molecule has 0 spiro atoms. The largest absolute Gasteiger partial charge is 0.573 e. The fourth-order valence-electron chi connectivity index (χ4n) is 2.56. The van der Waals surface area contributed by atoms with Gasteiger partial charge in [-0.15, -0.1) is 13.2 Å². The number of rotatable bonds is 6. The Kier molecular flexibility index (Phi) is 6.58. The van der Waals surface area contributed by atoms with Crippen LogP contribution in [0.1, 0.15) is 13.8 Å². The third-order valence-corrected chi connectivity index (χ3v) is 4.25. The highest BCUT2D eigenvalue weighted by atomic mass is 35.5. The van der Waals surface area contributed by atoms with Crippen molar-refractivity contribution >= 4 is 40.7 Å². The van der Waals surface area contributed by atoms with Gasteiger partial charge in [0.2, 0.25) is 5.95 Å². The van der Waals surface area contributed by atoms with E-state index in [1.807, 2.05) is 13.8 Å². The number of nitrogens with one attached hydrogen (secondary N) is 2. The molecular weight excluding hydrogens is 440 g/mol. The lowest BCUT2D eigenvalue weighted by Gasteiger charge is -2.14. The number of ether oxygens (including phenoxy) is 1. The minimum Gasteiger partial charge on any atom is -0.406 e. The zero-order valence-electron chi connectivity index (χ0n) is 15.9. The monoisotopic (exact) mass is 456 g/mol. The van der Waals surface area contributed by atoms with Gasteiger partial charge >= 0.3 is 6.36 Å². The molecule has 1 aromatic heterocycles. The van der Waals surface area contributed by atoms with E-state index in [9.17, 15) is 13.2 Å². The van der Waals surface area contributed by atoms with Gasteiger partial charge in [-0.25, -0.2) is 4.98 Å². The number of aromatic nitrogens is 2. The van der Waals surface area contributed by atoms with Crippen molar-refractivity contribution in [2.75, 3.05) is 10.6 Å². The Morgan fingerprint density at radius 2 is 1.77 bits per heavy atom. The number of nitrogens with zero attached hydrogens (tertiary/aromatic N) is 2. The predicted octanol–water partition coefficient (Wildman–Crippen LogP) is 6.91. The highest BCUT2D eigenvalue weighted by Gasteiger charge is 2.31. The number of hydrogen-bond acceptors (Lipinski definition) is 5. The summed E-state index contributed by atoms with van der Waals surface area (Å²) in [5.74, 6) is 0.360. The van der Waals surface area contributed by atoms with E-state index in [4.69, 9.17) is 23.2 Å². The molecule has 30 heavy (non-hydrogen) atoms. The molecule has 0 radical (unpaired) electrons. The van der Waals surface area contributed by atoms with E-state index in [0.29, 0.717) is 38.8 Å². The first kappa shape index (κ1) is 22.0. The first-order valence-corrected chi connectivity index (χ1v) is 9.58. The van der Waals surface area contributed by atoms with Crippen LogP contribution in [0.3, 0.4) is 0 Å². The lowest BCUT2D eigenvalue weighted by Crippen LogP contribution is -2.17. The number of hydrogen-bond donors (Lipinski definition) is 2. The molecule has 0 unspecified atom stereocenters. The molecular formula is C20H17Cl2F3N4O. The number of anilines is 3. The highest BCUT2D eigenvalue weighted by molar-refractivity contribution is 6.36. The van der Waals surface area contributed by atoms with Crippen LogP contribution < -0.4 is 15.4 Å². The second-order valence-corrected chi connectivity index (χ2v) is 7.43. The third-order valence-electron chi connectivity index (χ3n) is 3.70. The fraction of sp³-hybridized carbons (Fsp3) is 0.200. The van der Waals surface area contributed by atoms with Crippen LogP contribution in [0.2, 0.25) is 10.0 Å². The van der Waals surface area contributed by atoms with Crippen LogP contribution in [-0.4, -0.2) is 22.4 Å². The Morgan fingerprint density at radius 3 is 2.43 bits per heavy atom. The average molecular weight is 457 g/mol. The highest BCUT2D eigenvalue weighted by Crippen LogP contribution is 2.31. The van der Waals surface area contributed by atoms with E-state index < -0.39 is 6.36 Å². The molecule has 10 heteroatoms. The van der Waals surface area contributed by atoms with Crippen molar-refractivity contribution in [3.63, 3.8) is 0 Å². The third kappa shape index (κ3) is 6.14. The summed E-state index contributed by atoms with van der Waals surface area (Å²) in [6.07, 6.45) is -4.79. The lowest BCUT2D eigenvalue weighted by molar-refractivity contribution is -0.274. The molecule has 0 atom stereocenters. The topological polar surface area (TPSA) is 59.1 Å². The Bertz CT molecular complexity index is 1040. The van der Waals surface area contributed by atoms with Crippen molar-refractivity contribution in [3.05, 3.63) is 58.6 Å². The minimum atomic E-state index is -4.79. The molecule has 5 nitrogen and oxygen atoms in total. The summed E-state index contributed by atoms with van der Waals surface area (Å²) in [5.41, 5.74) is 1.39. The molecule has 3 rings (SSSR count). The molecule has 0 aliphatic rings. The van der Waals surface area contributed by atoms with E-state index in [1.54, 1.807) is 30.3 Å². The van der Waals surface area contributed by atoms with Crippen LogP contribution >= 0.6 is 23.2 Å². The van der Waals surface area contributed by atoms with Crippen LogP contribution in [0, 0.1) is 0 Å². The van der Waals surface area contributed by atoms with Crippen LogP contribution in [0.5, 0.6) is 5.75 Å². The molecule has 3 aromatic rings. The van der Waals surface area contributed by atoms with Gasteiger partial charge in [-0.3, -0.25) is 0 Å². The van der Waals surface area contributed by atoms with Gasteiger partial charge in [-0.05, 0) is 44.2 Å². The quantitative estimate of drug-likeness (QED) is 0.421. The summed E-state index contributed by atoms with van der Waals surface area (Å²) in [6.45, 7) is 3.83. The van der Waals surface area contributed by atoms with Crippen LogP contribution in [-0.2, 0) is 0 Å². The van der Waals surface area contributed by atoms with Gasteiger partial charge in [-0.2, -0.15) is 4.98 Å². The first-order valence-electron chi connectivity index (χ1n) is 8.83. The van der Waals surface area contributed by atoms with Gasteiger partial charge in [0.25, 0.3) is 0 Å². The van der Waals surface area contributed by atoms with E-state index in [0.717, 1.165) is 0 Å². The maximum atomic E-state index is 12.6. The summed E-state index contributed by atoms with van der Waals surface area (Å²) >= 11 is 12.1. The van der Waals surface area contributed by atoms with E-state index in [-0.39, 0.29) is 11.8 Å². The smallest absolute Gasteiger partial charge is 0.406 e. The zero-order valence-corrected chi connectivity index (χ0v) is 17.4. The second-order valence-electron chi connectivity index (χ2n) is 6.59. The van der Waals surface area contributed by atoms with Gasteiger partial charge in [0, 0.05) is 22.7 Å². The van der Waals surface area contributed by atoms with Gasteiger partial charge in [-0.1, -0.05) is 35.3 Å². The predicted molar refractivity (Wildman–Crippen MR) is 113 cm³/mol. The summed E-state index contributed by atoms with van der Waals surface area (Å²) in [7, 11) is 0. The summed E-state index contributed by atoms with van der Waals surface area (Å²) < 4.78 is 41.7. The molecule has 0 aliphatic carbocycles. The van der Waals surface area contributed by atoms with E-state index in [2.05, 4.69) is 25.3 Å². The molecule has 2 aromatic carbocycles. The molecule has 0 bridgehead atoms. The number of benzene rings is 2. The van der Waals surface area contributed by atoms with Gasteiger partial charge in [0.1, 0.15) is 11.6 Å². The van der Waals surface area contributed by atoms with Crippen molar-refractivity contribution in [1.29, 1.82) is 0 Å². The van der Waals surface area contributed by atoms with Gasteiger partial charge < -0.3 is 15.4 Å². The fourth-order valence-corrected chi connectivity index (χ4v) is 3.02. The maximum absolute atomic E-state index is 12.6. The first-order chi connectivity index (χ1) is 14.1. The van der Waals surface area contributed by atoms with Crippen LogP contribution in [0.25, 0.3) is 11.3 Å². The summed E-state index contributed by atoms with van der Waals surface area (Å²) in [5, 5.41) is 7.05. The minimum absolute atomic E-state index is 0.0344. The van der Waals surface area contributed by atoms with Crippen LogP contribution in [0.15, 0.2) is 48.5 Å². The molecule has 0 fully saturated rings. The summed E-state index contributed by atoms with van der Waals surface area (Å²) in [6, 6.07) is 12.1. The standard InChI is InChI=1S/C20H17Cl2F3N4O/c1-11(2)26-19-28-17(12-4-3-5-14(8-12)30-20(23,24)25)10-18(29-19)27-16-7-6-13(21)9-15(16)22/h3-11H,1-2H3,(H2,26,27,28,29). The number of halogens is 5. The van der Waals surface area contributed by atoms with Gasteiger partial charge in [0.05, 0.1) is 16.4 Å². The molecule has 158 valence electrons. The number of alkyl halides is 3. The molecule has 1 heterocycles. The molecule has 0 saturated heterocycles. The second kappa shape index (κ2) is 8.97. The Morgan fingerprint density at radius 1 is 1.00 bits per heavy atom.